The number of carbonyl (C=O) groups is 1. The largest absolute Gasteiger partial charge is 0.379 e. The molecule has 1 N–H and O–H groups in total. The molecular formula is C12H12N2O3. The highest BCUT2D eigenvalue weighted by molar-refractivity contribution is 5.79. The zero-order chi connectivity index (χ0) is 12.7. The Hall–Kier alpha value is -2.35. The van der Waals surface area contributed by atoms with Crippen LogP contribution in [0.1, 0.15) is 23.2 Å². The number of carbonyl (C=O) groups excluding carboxylic acids is 1. The van der Waals surface area contributed by atoms with Gasteiger partial charge in [0.15, 0.2) is 0 Å². The summed E-state index contributed by atoms with van der Waals surface area (Å²) in [5.41, 5.74) is 0.582. The van der Waals surface area contributed by atoms with Crippen LogP contribution in [0.5, 0.6) is 0 Å². The van der Waals surface area contributed by atoms with Crippen LogP contribution in [-0.4, -0.2) is 17.8 Å². The second-order valence-corrected chi connectivity index (χ2v) is 3.39. The number of hydrogen-bond acceptors (Lipinski definition) is 4. The lowest BCUT2D eigenvalue weighted by Gasteiger charge is -2.06. The summed E-state index contributed by atoms with van der Waals surface area (Å²) in [6, 6.07) is 4.30. The molecule has 0 unspecified atom stereocenters. The highest BCUT2D eigenvalue weighted by Gasteiger charge is 2.13. The van der Waals surface area contributed by atoms with Gasteiger partial charge in [0.05, 0.1) is 4.92 Å². The topological polar surface area (TPSA) is 72.2 Å². The van der Waals surface area contributed by atoms with Gasteiger partial charge in [-0.25, -0.2) is 0 Å². The van der Waals surface area contributed by atoms with E-state index in [-0.39, 0.29) is 11.3 Å². The van der Waals surface area contributed by atoms with E-state index in [1.807, 2.05) is 0 Å². The average molecular weight is 232 g/mol. The molecule has 0 aliphatic carbocycles. The first-order valence-corrected chi connectivity index (χ1v) is 5.10. The number of rotatable bonds is 6. The van der Waals surface area contributed by atoms with Crippen LogP contribution in [0, 0.1) is 22.5 Å². The van der Waals surface area contributed by atoms with Crippen LogP contribution in [0.15, 0.2) is 18.2 Å². The van der Waals surface area contributed by atoms with E-state index < -0.39 is 4.92 Å². The second kappa shape index (κ2) is 6.28. The van der Waals surface area contributed by atoms with Crippen molar-refractivity contribution >= 4 is 17.7 Å². The number of nitro groups is 1. The molecule has 0 fully saturated rings. The Balaban J connectivity index is 2.80. The summed E-state index contributed by atoms with van der Waals surface area (Å²) in [7, 11) is 0. The van der Waals surface area contributed by atoms with Gasteiger partial charge in [0.2, 0.25) is 0 Å². The smallest absolute Gasteiger partial charge is 0.293 e. The summed E-state index contributed by atoms with van der Waals surface area (Å²) < 4.78 is 0. The molecule has 0 aliphatic heterocycles. The molecule has 1 rings (SSSR count). The maximum atomic E-state index is 10.8. The van der Waals surface area contributed by atoms with Crippen molar-refractivity contribution in [2.45, 2.75) is 12.8 Å². The zero-order valence-electron chi connectivity index (χ0n) is 9.18. The summed E-state index contributed by atoms with van der Waals surface area (Å²) in [6.07, 6.45) is 7.04. The van der Waals surface area contributed by atoms with Gasteiger partial charge in [0.25, 0.3) is 5.69 Å². The van der Waals surface area contributed by atoms with Crippen LogP contribution < -0.4 is 5.32 Å². The molecule has 0 saturated heterocycles. The molecule has 0 heterocycles. The van der Waals surface area contributed by atoms with Crippen molar-refractivity contribution in [2.75, 3.05) is 11.9 Å². The van der Waals surface area contributed by atoms with Gasteiger partial charge >= 0.3 is 0 Å². The van der Waals surface area contributed by atoms with E-state index in [1.165, 1.54) is 18.2 Å². The van der Waals surface area contributed by atoms with Crippen molar-refractivity contribution < 1.29 is 9.72 Å². The summed E-state index contributed by atoms with van der Waals surface area (Å²) in [5, 5.41) is 13.7. The van der Waals surface area contributed by atoms with Crippen molar-refractivity contribution in [3.8, 4) is 12.3 Å². The van der Waals surface area contributed by atoms with Crippen molar-refractivity contribution in [3.05, 3.63) is 33.9 Å². The number of nitro benzene ring substituents is 1. The van der Waals surface area contributed by atoms with Gasteiger partial charge in [-0.15, -0.1) is 12.3 Å². The van der Waals surface area contributed by atoms with Gasteiger partial charge in [0, 0.05) is 24.6 Å². The number of unbranched alkanes of at least 4 members (excludes halogenated alkanes) is 1. The van der Waals surface area contributed by atoms with E-state index in [2.05, 4.69) is 11.2 Å². The number of aldehydes is 1. The predicted molar refractivity (Wildman–Crippen MR) is 65.0 cm³/mol. The van der Waals surface area contributed by atoms with Gasteiger partial charge in [-0.3, -0.25) is 14.9 Å². The van der Waals surface area contributed by atoms with Gasteiger partial charge in [-0.2, -0.15) is 0 Å². The Labute approximate surface area is 99.0 Å². The molecule has 0 saturated carbocycles. The first-order chi connectivity index (χ1) is 8.19. The fourth-order valence-corrected chi connectivity index (χ4v) is 1.34. The number of nitrogens with zero attached hydrogens (tertiary/aromatic N) is 1. The van der Waals surface area contributed by atoms with Crippen molar-refractivity contribution in [1.82, 2.24) is 0 Å². The molecule has 5 heteroatoms. The fraction of sp³-hybridized carbons (Fsp3) is 0.250. The summed E-state index contributed by atoms with van der Waals surface area (Å²) in [6.45, 7) is 0.561. The van der Waals surface area contributed by atoms with Crippen LogP contribution >= 0.6 is 0 Å². The maximum Gasteiger partial charge on any atom is 0.293 e. The summed E-state index contributed by atoms with van der Waals surface area (Å²) in [5.74, 6) is 2.49. The first kappa shape index (κ1) is 12.7. The Morgan fingerprint density at radius 1 is 1.53 bits per heavy atom. The Morgan fingerprint density at radius 2 is 2.29 bits per heavy atom. The molecule has 5 nitrogen and oxygen atoms in total. The van der Waals surface area contributed by atoms with E-state index in [4.69, 9.17) is 6.42 Å². The molecule has 1 aromatic carbocycles. The van der Waals surface area contributed by atoms with Crippen LogP contribution in [0.4, 0.5) is 11.4 Å². The zero-order valence-corrected chi connectivity index (χ0v) is 9.18. The van der Waals surface area contributed by atoms with E-state index in [9.17, 15) is 14.9 Å². The van der Waals surface area contributed by atoms with Crippen LogP contribution in [0.3, 0.4) is 0 Å². The molecule has 0 spiro atoms. The lowest BCUT2D eigenvalue weighted by molar-refractivity contribution is -0.384. The highest BCUT2D eigenvalue weighted by atomic mass is 16.6. The summed E-state index contributed by atoms with van der Waals surface area (Å²) in [4.78, 5) is 20.8. The van der Waals surface area contributed by atoms with E-state index in [1.54, 1.807) is 0 Å². The van der Waals surface area contributed by atoms with Gasteiger partial charge < -0.3 is 5.32 Å². The maximum absolute atomic E-state index is 10.8. The molecular weight excluding hydrogens is 220 g/mol. The average Bonchev–Trinajstić information content (AvgIpc) is 2.34. The molecule has 1 aromatic rings. The fourth-order valence-electron chi connectivity index (χ4n) is 1.34. The van der Waals surface area contributed by atoms with Crippen molar-refractivity contribution in [2.24, 2.45) is 0 Å². The molecule has 17 heavy (non-hydrogen) atoms. The highest BCUT2D eigenvalue weighted by Crippen LogP contribution is 2.24. The Kier molecular flexibility index (Phi) is 4.70. The number of nitrogens with one attached hydrogen (secondary N) is 1. The Morgan fingerprint density at radius 3 is 2.88 bits per heavy atom. The quantitative estimate of drug-likeness (QED) is 0.268. The monoisotopic (exact) mass is 232 g/mol. The predicted octanol–water partition coefficient (Wildman–Crippen LogP) is 2.23. The number of anilines is 1. The lowest BCUT2D eigenvalue weighted by atomic mass is 10.2. The molecule has 88 valence electrons. The first-order valence-electron chi connectivity index (χ1n) is 5.10. The third-order valence-corrected chi connectivity index (χ3v) is 2.17. The molecule has 0 aliphatic rings. The SMILES string of the molecule is C#CCCCNc1ccc(C=O)cc1[N+](=O)[O-]. The van der Waals surface area contributed by atoms with Crippen LogP contribution in [0.25, 0.3) is 0 Å². The molecule has 0 radical (unpaired) electrons. The van der Waals surface area contributed by atoms with Gasteiger partial charge in [-0.05, 0) is 18.6 Å². The van der Waals surface area contributed by atoms with E-state index >= 15 is 0 Å². The van der Waals surface area contributed by atoms with Crippen LogP contribution in [-0.2, 0) is 0 Å². The number of hydrogen-bond donors (Lipinski definition) is 1. The van der Waals surface area contributed by atoms with Crippen LogP contribution in [0.2, 0.25) is 0 Å². The van der Waals surface area contributed by atoms with Gasteiger partial charge in [0.1, 0.15) is 12.0 Å². The van der Waals surface area contributed by atoms with Crippen molar-refractivity contribution in [3.63, 3.8) is 0 Å². The van der Waals surface area contributed by atoms with Gasteiger partial charge in [-0.1, -0.05) is 0 Å². The van der Waals surface area contributed by atoms with E-state index in [0.717, 1.165) is 6.42 Å². The minimum atomic E-state index is -0.517. The van der Waals surface area contributed by atoms with E-state index in [0.29, 0.717) is 24.9 Å². The Bertz CT molecular complexity index is 463. The number of terminal acetylenes is 1. The number of benzene rings is 1. The lowest BCUT2D eigenvalue weighted by Crippen LogP contribution is -2.04. The minimum Gasteiger partial charge on any atom is -0.379 e. The molecule has 0 bridgehead atoms. The van der Waals surface area contributed by atoms with Crippen molar-refractivity contribution in [1.29, 1.82) is 0 Å². The third kappa shape index (κ3) is 3.61. The minimum absolute atomic E-state index is 0.102. The summed E-state index contributed by atoms with van der Waals surface area (Å²) >= 11 is 0. The molecule has 0 atom stereocenters. The molecule has 0 aromatic heterocycles. The third-order valence-electron chi connectivity index (χ3n) is 2.17. The normalized spacial score (nSPS) is 9.35. The standard InChI is InChI=1S/C12H12N2O3/c1-2-3-4-7-13-11-6-5-10(9-15)8-12(11)14(16)17/h1,5-6,8-9,13H,3-4,7H2. The molecule has 0 amide bonds. The second-order valence-electron chi connectivity index (χ2n) is 3.39.